The minimum absolute atomic E-state index is 0.162. The summed E-state index contributed by atoms with van der Waals surface area (Å²) in [4.78, 5) is 14.4. The average molecular weight is 471 g/mol. The topological polar surface area (TPSA) is 121 Å². The van der Waals surface area contributed by atoms with E-state index in [2.05, 4.69) is 10.6 Å². The molecule has 1 aromatic rings. The standard InChI is InChI=1S/C23H43N5O3S/c1-28(21-11-19-26-17-9-8-16-25-18-10-15-24)23(29)14-6-3-7-20-27-32(30,31)22-12-4-2-5-13-22/h2,4-5,12-13,25-27H,3,6-11,14-21,24H2,1H3/p+1. The molecule has 6 N–H and O–H groups in total. The van der Waals surface area contributed by atoms with Gasteiger partial charge >= 0.3 is 10.0 Å². The lowest BCUT2D eigenvalue weighted by Crippen LogP contribution is -2.87. The molecule has 9 heteroatoms. The van der Waals surface area contributed by atoms with Crippen LogP contribution in [0, 0.1) is 0 Å². The fourth-order valence-corrected chi connectivity index (χ4v) is 4.48. The molecule has 0 unspecified atom stereocenters. The van der Waals surface area contributed by atoms with Crippen LogP contribution in [0.15, 0.2) is 35.2 Å². The van der Waals surface area contributed by atoms with Gasteiger partial charge in [0.25, 0.3) is 0 Å². The van der Waals surface area contributed by atoms with Gasteiger partial charge < -0.3 is 21.3 Å². The fourth-order valence-electron chi connectivity index (χ4n) is 3.28. The van der Waals surface area contributed by atoms with Crippen molar-refractivity contribution in [3.8, 4) is 0 Å². The Morgan fingerprint density at radius 2 is 1.53 bits per heavy atom. The number of sulfonamides is 1. The van der Waals surface area contributed by atoms with Gasteiger partial charge in [0.05, 0.1) is 6.54 Å². The van der Waals surface area contributed by atoms with Gasteiger partial charge in [0.2, 0.25) is 5.91 Å². The molecule has 184 valence electrons. The lowest BCUT2D eigenvalue weighted by Gasteiger charge is -2.17. The zero-order chi connectivity index (χ0) is 23.5. The number of nitrogens with two attached hydrogens (primary N) is 2. The van der Waals surface area contributed by atoms with Crippen molar-refractivity contribution in [1.29, 1.82) is 0 Å². The monoisotopic (exact) mass is 470 g/mol. The minimum Gasteiger partial charge on any atom is -0.346 e. The molecule has 0 aliphatic carbocycles. The Morgan fingerprint density at radius 1 is 0.906 bits per heavy atom. The number of amides is 1. The van der Waals surface area contributed by atoms with E-state index >= 15 is 0 Å². The predicted octanol–water partition coefficient (Wildman–Crippen LogP) is 0.656. The van der Waals surface area contributed by atoms with Crippen molar-refractivity contribution in [1.82, 2.24) is 15.5 Å². The molecule has 0 saturated carbocycles. The highest BCUT2D eigenvalue weighted by Crippen LogP contribution is 2.04. The zero-order valence-corrected chi connectivity index (χ0v) is 20.5. The summed E-state index contributed by atoms with van der Waals surface area (Å²) in [6.07, 6.45) is 7.22. The summed E-state index contributed by atoms with van der Waals surface area (Å²) in [5.41, 5.74) is 5.45. The van der Waals surface area contributed by atoms with Crippen LogP contribution < -0.4 is 21.1 Å². The number of carbonyl (C=O) groups excluding carboxylic acids is 1. The molecule has 0 bridgehead atoms. The van der Waals surface area contributed by atoms with Gasteiger partial charge in [-0.05, 0) is 89.8 Å². The van der Waals surface area contributed by atoms with Crippen LogP contribution in [0.4, 0.5) is 0 Å². The number of unbranched alkanes of at least 4 members (excludes halogenated alkanes) is 3. The van der Waals surface area contributed by atoms with E-state index < -0.39 is 10.0 Å². The third-order valence-corrected chi connectivity index (χ3v) is 6.90. The van der Waals surface area contributed by atoms with Gasteiger partial charge in [-0.3, -0.25) is 4.79 Å². The van der Waals surface area contributed by atoms with Crippen molar-refractivity contribution in [2.45, 2.75) is 56.3 Å². The first-order valence-electron chi connectivity index (χ1n) is 12.0. The highest BCUT2D eigenvalue weighted by molar-refractivity contribution is 7.84. The molecule has 0 aromatic heterocycles. The molecular weight excluding hydrogens is 426 g/mol. The number of hydrogen-bond donors (Lipinski definition) is 4. The quantitative estimate of drug-likeness (QED) is 0.208. The molecule has 1 aromatic carbocycles. The highest BCUT2D eigenvalue weighted by Gasteiger charge is 2.16. The first-order valence-corrected chi connectivity index (χ1v) is 13.5. The molecule has 0 heterocycles. The van der Waals surface area contributed by atoms with Crippen LogP contribution in [-0.4, -0.2) is 72.1 Å². The van der Waals surface area contributed by atoms with Gasteiger partial charge in [-0.2, -0.15) is 8.42 Å². The Hall–Kier alpha value is -1.52. The van der Waals surface area contributed by atoms with E-state index in [-0.39, 0.29) is 5.91 Å². The van der Waals surface area contributed by atoms with Crippen molar-refractivity contribution < 1.29 is 17.9 Å². The smallest absolute Gasteiger partial charge is 0.324 e. The van der Waals surface area contributed by atoms with Gasteiger partial charge in [0.1, 0.15) is 4.90 Å². The Morgan fingerprint density at radius 3 is 2.19 bits per heavy atom. The normalized spacial score (nSPS) is 11.6. The van der Waals surface area contributed by atoms with Crippen LogP contribution in [-0.2, 0) is 14.8 Å². The molecular formula is C23H44N5O3S+. The van der Waals surface area contributed by atoms with Gasteiger partial charge in [-0.1, -0.05) is 18.2 Å². The molecule has 0 fully saturated rings. The molecule has 8 nitrogen and oxygen atoms in total. The minimum atomic E-state index is -3.32. The molecule has 0 aliphatic rings. The largest absolute Gasteiger partial charge is 0.346 e. The van der Waals surface area contributed by atoms with Crippen molar-refractivity contribution in [3.63, 3.8) is 0 Å². The SMILES string of the molecule is CN(CCCNCCCCNCCCN)C(=O)CCCCC[NH2+]S(=O)(=O)c1ccccc1. The zero-order valence-electron chi connectivity index (χ0n) is 19.7. The number of rotatable bonds is 20. The summed E-state index contributed by atoms with van der Waals surface area (Å²) in [5, 5.41) is 6.81. The Labute approximate surface area is 194 Å². The molecule has 0 atom stereocenters. The van der Waals surface area contributed by atoms with Crippen LogP contribution >= 0.6 is 0 Å². The first-order chi connectivity index (χ1) is 15.5. The van der Waals surface area contributed by atoms with E-state index in [1.165, 1.54) is 4.72 Å². The van der Waals surface area contributed by atoms with Crippen LogP contribution in [0.5, 0.6) is 0 Å². The van der Waals surface area contributed by atoms with Crippen molar-refractivity contribution in [2.24, 2.45) is 5.73 Å². The van der Waals surface area contributed by atoms with Crippen molar-refractivity contribution in [2.75, 3.05) is 52.9 Å². The van der Waals surface area contributed by atoms with Crippen LogP contribution in [0.2, 0.25) is 0 Å². The maximum Gasteiger partial charge on any atom is 0.324 e. The maximum absolute atomic E-state index is 12.2. The summed E-state index contributed by atoms with van der Waals surface area (Å²) < 4.78 is 25.8. The number of primary sulfonamides is 1. The number of nitrogens with one attached hydrogen (secondary N) is 2. The Bertz CT molecular complexity index is 701. The molecule has 32 heavy (non-hydrogen) atoms. The molecule has 1 amide bonds. The molecule has 0 spiro atoms. The van der Waals surface area contributed by atoms with E-state index in [4.69, 9.17) is 5.73 Å². The fraction of sp³-hybridized carbons (Fsp3) is 0.696. The van der Waals surface area contributed by atoms with Crippen molar-refractivity contribution >= 4 is 15.9 Å². The molecule has 1 rings (SSSR count). The number of carbonyl (C=O) groups is 1. The maximum atomic E-state index is 12.2. The number of hydrogen-bond acceptors (Lipinski definition) is 6. The molecule has 0 saturated heterocycles. The second-order valence-electron chi connectivity index (χ2n) is 8.14. The Balaban J connectivity index is 1.96. The van der Waals surface area contributed by atoms with Gasteiger partial charge in [-0.15, -0.1) is 0 Å². The highest BCUT2D eigenvalue weighted by atomic mass is 32.2. The van der Waals surface area contributed by atoms with Gasteiger partial charge in [-0.25, -0.2) is 4.72 Å². The lowest BCUT2D eigenvalue weighted by molar-refractivity contribution is -0.497. The summed E-state index contributed by atoms with van der Waals surface area (Å²) >= 11 is 0. The Kier molecular flexibility index (Phi) is 16.0. The average Bonchev–Trinajstić information content (AvgIpc) is 2.80. The predicted molar refractivity (Wildman–Crippen MR) is 130 cm³/mol. The van der Waals surface area contributed by atoms with E-state index in [0.717, 1.165) is 84.2 Å². The number of quaternary nitrogens is 1. The van der Waals surface area contributed by atoms with E-state index in [1.54, 1.807) is 35.2 Å². The second-order valence-corrected chi connectivity index (χ2v) is 10.0. The second kappa shape index (κ2) is 18.0. The van der Waals surface area contributed by atoms with Crippen LogP contribution in [0.1, 0.15) is 51.4 Å². The number of benzene rings is 1. The van der Waals surface area contributed by atoms with Gasteiger partial charge in [0, 0.05) is 20.0 Å². The van der Waals surface area contributed by atoms with Gasteiger partial charge in [0.15, 0.2) is 0 Å². The van der Waals surface area contributed by atoms with Crippen molar-refractivity contribution in [3.05, 3.63) is 30.3 Å². The lowest BCUT2D eigenvalue weighted by atomic mass is 10.2. The third kappa shape index (κ3) is 13.8. The molecule has 0 aliphatic heterocycles. The van der Waals surface area contributed by atoms with E-state index in [0.29, 0.717) is 17.9 Å². The van der Waals surface area contributed by atoms with Crippen LogP contribution in [0.3, 0.4) is 0 Å². The summed E-state index contributed by atoms with van der Waals surface area (Å²) in [5.74, 6) is 0.162. The van der Waals surface area contributed by atoms with E-state index in [9.17, 15) is 13.2 Å². The summed E-state index contributed by atoms with van der Waals surface area (Å²) in [6, 6.07) is 8.47. The third-order valence-electron chi connectivity index (χ3n) is 5.29. The number of nitrogens with zero attached hydrogens (tertiary/aromatic N) is 1. The summed E-state index contributed by atoms with van der Waals surface area (Å²) in [6.45, 7) is 5.98. The first kappa shape index (κ1) is 28.5. The van der Waals surface area contributed by atoms with Crippen LogP contribution in [0.25, 0.3) is 0 Å². The van der Waals surface area contributed by atoms with E-state index in [1.807, 2.05) is 7.05 Å². The summed E-state index contributed by atoms with van der Waals surface area (Å²) in [7, 11) is -1.46. The molecule has 0 radical (unpaired) electrons.